The molecule has 15 heavy (non-hydrogen) atoms. The Morgan fingerprint density at radius 3 is 2.60 bits per heavy atom. The van der Waals surface area contributed by atoms with Crippen LogP contribution in [0, 0.1) is 0 Å². The first-order valence-electron chi connectivity index (χ1n) is 5.27. The van der Waals surface area contributed by atoms with Gasteiger partial charge in [-0.05, 0) is 49.1 Å². The molecule has 2 N–H and O–H groups in total. The van der Waals surface area contributed by atoms with E-state index in [9.17, 15) is 0 Å². The average molecular weight is 225 g/mol. The van der Waals surface area contributed by atoms with Crippen LogP contribution in [0.15, 0.2) is 24.3 Å². The van der Waals surface area contributed by atoms with Crippen molar-refractivity contribution in [2.75, 3.05) is 25.2 Å². The van der Waals surface area contributed by atoms with Crippen molar-refractivity contribution in [3.63, 3.8) is 0 Å². The van der Waals surface area contributed by atoms with Crippen molar-refractivity contribution in [3.8, 4) is 5.75 Å². The van der Waals surface area contributed by atoms with Crippen molar-refractivity contribution in [3.05, 3.63) is 29.8 Å². The number of benzene rings is 1. The summed E-state index contributed by atoms with van der Waals surface area (Å²) in [5, 5.41) is 0. The first-order chi connectivity index (χ1) is 7.36. The maximum Gasteiger partial charge on any atom is 0.119 e. The molecule has 0 spiro atoms. The lowest BCUT2D eigenvalue weighted by Gasteiger charge is -2.06. The van der Waals surface area contributed by atoms with Crippen molar-refractivity contribution in [2.45, 2.75) is 12.8 Å². The Morgan fingerprint density at radius 2 is 2.00 bits per heavy atom. The predicted octanol–water partition coefficient (Wildman–Crippen LogP) is 2.32. The molecule has 0 saturated heterocycles. The summed E-state index contributed by atoms with van der Waals surface area (Å²) in [4.78, 5) is 0. The Labute approximate surface area is 96.2 Å². The van der Waals surface area contributed by atoms with Crippen LogP contribution >= 0.6 is 11.8 Å². The van der Waals surface area contributed by atoms with Gasteiger partial charge in [0.25, 0.3) is 0 Å². The molecule has 0 saturated carbocycles. The molecule has 84 valence electrons. The summed E-state index contributed by atoms with van der Waals surface area (Å²) in [6.07, 6.45) is 4.15. The fourth-order valence-corrected chi connectivity index (χ4v) is 1.72. The van der Waals surface area contributed by atoms with Gasteiger partial charge in [0.1, 0.15) is 5.75 Å². The number of thioether (sulfide) groups is 1. The quantitative estimate of drug-likeness (QED) is 0.723. The molecule has 1 aromatic carbocycles. The van der Waals surface area contributed by atoms with Crippen molar-refractivity contribution in [1.29, 1.82) is 0 Å². The smallest absolute Gasteiger partial charge is 0.119 e. The summed E-state index contributed by atoms with van der Waals surface area (Å²) in [6.45, 7) is 1.50. The molecule has 2 nitrogen and oxygen atoms in total. The van der Waals surface area contributed by atoms with Crippen LogP contribution in [0.4, 0.5) is 0 Å². The van der Waals surface area contributed by atoms with Crippen LogP contribution in [-0.4, -0.2) is 25.2 Å². The van der Waals surface area contributed by atoms with Crippen LogP contribution in [0.2, 0.25) is 0 Å². The zero-order valence-corrected chi connectivity index (χ0v) is 10.1. The van der Waals surface area contributed by atoms with E-state index >= 15 is 0 Å². The van der Waals surface area contributed by atoms with Crippen molar-refractivity contribution in [2.24, 2.45) is 5.73 Å². The minimum Gasteiger partial charge on any atom is -0.494 e. The molecule has 0 fully saturated rings. The van der Waals surface area contributed by atoms with E-state index in [-0.39, 0.29) is 0 Å². The summed E-state index contributed by atoms with van der Waals surface area (Å²) < 4.78 is 5.60. The largest absolute Gasteiger partial charge is 0.494 e. The van der Waals surface area contributed by atoms with Gasteiger partial charge in [0.2, 0.25) is 0 Å². The minimum atomic E-state index is 0.702. The Hall–Kier alpha value is -0.670. The highest BCUT2D eigenvalue weighted by Crippen LogP contribution is 2.12. The first-order valence-corrected chi connectivity index (χ1v) is 6.67. The number of nitrogens with two attached hydrogens (primary N) is 1. The number of hydrogen-bond acceptors (Lipinski definition) is 3. The van der Waals surface area contributed by atoms with Gasteiger partial charge in [0, 0.05) is 0 Å². The molecule has 0 bridgehead atoms. The van der Waals surface area contributed by atoms with Crippen molar-refractivity contribution >= 4 is 11.8 Å². The van der Waals surface area contributed by atoms with Gasteiger partial charge in [-0.25, -0.2) is 0 Å². The van der Waals surface area contributed by atoms with E-state index in [1.54, 1.807) is 0 Å². The highest BCUT2D eigenvalue weighted by molar-refractivity contribution is 7.98. The van der Waals surface area contributed by atoms with E-state index in [4.69, 9.17) is 10.5 Å². The van der Waals surface area contributed by atoms with Crippen LogP contribution in [0.25, 0.3) is 0 Å². The van der Waals surface area contributed by atoms with E-state index in [0.29, 0.717) is 6.54 Å². The zero-order valence-electron chi connectivity index (χ0n) is 9.24. The lowest BCUT2D eigenvalue weighted by Crippen LogP contribution is -2.03. The number of ether oxygens (including phenoxy) is 1. The normalized spacial score (nSPS) is 10.3. The second-order valence-corrected chi connectivity index (χ2v) is 4.36. The molecule has 0 aliphatic carbocycles. The molecular weight excluding hydrogens is 206 g/mol. The fraction of sp³-hybridized carbons (Fsp3) is 0.500. The molecule has 3 heteroatoms. The van der Waals surface area contributed by atoms with Gasteiger partial charge in [0.05, 0.1) is 6.61 Å². The van der Waals surface area contributed by atoms with Gasteiger partial charge in [-0.3, -0.25) is 0 Å². The molecule has 0 aliphatic rings. The van der Waals surface area contributed by atoms with Gasteiger partial charge in [-0.1, -0.05) is 12.1 Å². The summed E-state index contributed by atoms with van der Waals surface area (Å²) in [6, 6.07) is 8.20. The lowest BCUT2D eigenvalue weighted by molar-refractivity contribution is 0.318. The van der Waals surface area contributed by atoms with Gasteiger partial charge in [0.15, 0.2) is 0 Å². The SMILES string of the molecule is CSCCCOc1ccc(CCN)cc1. The highest BCUT2D eigenvalue weighted by Gasteiger charge is 1.94. The number of hydrogen-bond donors (Lipinski definition) is 1. The summed E-state index contributed by atoms with van der Waals surface area (Å²) in [7, 11) is 0. The molecule has 0 amide bonds. The van der Waals surface area contributed by atoms with Gasteiger partial charge in [-0.2, -0.15) is 11.8 Å². The van der Waals surface area contributed by atoms with Gasteiger partial charge >= 0.3 is 0 Å². The van der Waals surface area contributed by atoms with Crippen molar-refractivity contribution < 1.29 is 4.74 Å². The van der Waals surface area contributed by atoms with Gasteiger partial charge < -0.3 is 10.5 Å². The van der Waals surface area contributed by atoms with E-state index < -0.39 is 0 Å². The van der Waals surface area contributed by atoms with Crippen molar-refractivity contribution in [1.82, 2.24) is 0 Å². The van der Waals surface area contributed by atoms with Crippen LogP contribution in [-0.2, 0) is 6.42 Å². The minimum absolute atomic E-state index is 0.702. The first kappa shape index (κ1) is 12.4. The second kappa shape index (κ2) is 7.60. The summed E-state index contributed by atoms with van der Waals surface area (Å²) >= 11 is 1.85. The predicted molar refractivity (Wildman–Crippen MR) is 67.7 cm³/mol. The standard InChI is InChI=1S/C12H19NOS/c1-15-10-2-9-14-12-5-3-11(4-6-12)7-8-13/h3-6H,2,7-10,13H2,1H3. The molecule has 0 heterocycles. The number of rotatable bonds is 7. The van der Waals surface area contributed by atoms with Gasteiger partial charge in [-0.15, -0.1) is 0 Å². The summed E-state index contributed by atoms with van der Waals surface area (Å²) in [5.74, 6) is 2.11. The zero-order chi connectivity index (χ0) is 10.9. The monoisotopic (exact) mass is 225 g/mol. The molecule has 0 radical (unpaired) electrons. The molecule has 0 unspecified atom stereocenters. The molecule has 0 aromatic heterocycles. The Balaban J connectivity index is 2.29. The topological polar surface area (TPSA) is 35.2 Å². The Bertz CT molecular complexity index is 261. The Kier molecular flexibility index (Phi) is 6.28. The maximum atomic E-state index is 5.60. The van der Waals surface area contributed by atoms with E-state index in [0.717, 1.165) is 31.0 Å². The molecular formula is C12H19NOS. The van der Waals surface area contributed by atoms with Crippen LogP contribution in [0.5, 0.6) is 5.75 Å². The van der Waals surface area contributed by atoms with Crippen LogP contribution in [0.1, 0.15) is 12.0 Å². The summed E-state index contributed by atoms with van der Waals surface area (Å²) in [5.41, 5.74) is 6.75. The lowest BCUT2D eigenvalue weighted by atomic mass is 10.1. The third kappa shape index (κ3) is 5.09. The molecule has 1 aromatic rings. The second-order valence-electron chi connectivity index (χ2n) is 3.38. The Morgan fingerprint density at radius 1 is 1.27 bits per heavy atom. The van der Waals surface area contributed by atoms with E-state index in [1.165, 1.54) is 5.56 Å². The molecule has 1 rings (SSSR count). The third-order valence-corrected chi connectivity index (χ3v) is 2.81. The van der Waals surface area contributed by atoms with E-state index in [1.807, 2.05) is 23.9 Å². The molecule has 0 atom stereocenters. The van der Waals surface area contributed by atoms with E-state index in [2.05, 4.69) is 18.4 Å². The van der Waals surface area contributed by atoms with Crippen LogP contribution in [0.3, 0.4) is 0 Å². The maximum absolute atomic E-state index is 5.60. The average Bonchev–Trinajstić information content (AvgIpc) is 2.27. The van der Waals surface area contributed by atoms with Crippen LogP contribution < -0.4 is 10.5 Å². The fourth-order valence-electron chi connectivity index (χ4n) is 1.31. The third-order valence-electron chi connectivity index (χ3n) is 2.12. The highest BCUT2D eigenvalue weighted by atomic mass is 32.2. The molecule has 0 aliphatic heterocycles.